The Kier molecular flexibility index (Phi) is 5.39. The molecule has 2 aromatic rings. The summed E-state index contributed by atoms with van der Waals surface area (Å²) in [6.07, 6.45) is 0. The fraction of sp³-hybridized carbons (Fsp3) is 0.333. The normalized spacial score (nSPS) is 14.0. The summed E-state index contributed by atoms with van der Waals surface area (Å²) in [5.74, 6) is 0.633. The first kappa shape index (κ1) is 18.4. The summed E-state index contributed by atoms with van der Waals surface area (Å²) in [6, 6.07) is 7.67. The zero-order chi connectivity index (χ0) is 19.4. The van der Waals surface area contributed by atoms with E-state index < -0.39 is 0 Å². The number of carbonyl (C=O) groups is 2. The number of H-pyrrole nitrogens is 1. The highest BCUT2D eigenvalue weighted by Crippen LogP contribution is 2.28. The molecule has 1 aromatic carbocycles. The van der Waals surface area contributed by atoms with Crippen molar-refractivity contribution < 1.29 is 19.1 Å². The molecule has 0 atom stereocenters. The molecule has 1 aromatic heterocycles. The lowest BCUT2D eigenvalue weighted by molar-refractivity contribution is 0.0531. The highest BCUT2D eigenvalue weighted by atomic mass is 16.5. The summed E-state index contributed by atoms with van der Waals surface area (Å²) in [5.41, 5.74) is 0.306. The smallest absolute Gasteiger partial charge is 0.274 e. The lowest BCUT2D eigenvalue weighted by Crippen LogP contribution is -2.50. The molecule has 3 rings (SSSR count). The molecule has 0 bridgehead atoms. The van der Waals surface area contributed by atoms with Gasteiger partial charge in [-0.3, -0.25) is 14.4 Å². The van der Waals surface area contributed by atoms with Gasteiger partial charge in [0.1, 0.15) is 5.69 Å². The van der Waals surface area contributed by atoms with E-state index in [1.807, 2.05) is 0 Å². The minimum Gasteiger partial charge on any atom is -0.493 e. The summed E-state index contributed by atoms with van der Waals surface area (Å²) >= 11 is 0. The summed E-state index contributed by atoms with van der Waals surface area (Å²) in [5, 5.41) is 6.00. The molecule has 2 amide bonds. The van der Waals surface area contributed by atoms with Crippen molar-refractivity contribution in [2.45, 2.75) is 0 Å². The molecule has 1 aliphatic heterocycles. The standard InChI is InChI=1S/C18H20N4O5/c1-26-14-5-3-12(11-15(14)27-2)17(24)21-7-9-22(10-8-21)18(25)13-4-6-16(23)20-19-13/h3-6,11H,7-10H2,1-2H3,(H,20,23). The monoisotopic (exact) mass is 372 g/mol. The molecule has 0 aliphatic carbocycles. The Morgan fingerprint density at radius 2 is 1.56 bits per heavy atom. The van der Waals surface area contributed by atoms with Gasteiger partial charge in [-0.15, -0.1) is 0 Å². The fourth-order valence-corrected chi connectivity index (χ4v) is 2.89. The van der Waals surface area contributed by atoms with Crippen molar-refractivity contribution in [1.29, 1.82) is 0 Å². The Morgan fingerprint density at radius 1 is 0.926 bits per heavy atom. The fourth-order valence-electron chi connectivity index (χ4n) is 2.89. The van der Waals surface area contributed by atoms with E-state index in [-0.39, 0.29) is 23.1 Å². The van der Waals surface area contributed by atoms with Crippen LogP contribution in [0.5, 0.6) is 11.5 Å². The first-order chi connectivity index (χ1) is 13.0. The molecular formula is C18H20N4O5. The van der Waals surface area contributed by atoms with E-state index >= 15 is 0 Å². The molecule has 0 spiro atoms. The lowest BCUT2D eigenvalue weighted by Gasteiger charge is -2.34. The highest BCUT2D eigenvalue weighted by Gasteiger charge is 2.26. The number of aromatic amines is 1. The van der Waals surface area contributed by atoms with Crippen LogP contribution >= 0.6 is 0 Å². The number of carbonyl (C=O) groups excluding carboxylic acids is 2. The Morgan fingerprint density at radius 3 is 2.11 bits per heavy atom. The summed E-state index contributed by atoms with van der Waals surface area (Å²) in [4.78, 5) is 39.5. The average molecular weight is 372 g/mol. The van der Waals surface area contributed by atoms with E-state index in [0.717, 1.165) is 0 Å². The molecular weight excluding hydrogens is 352 g/mol. The predicted octanol–water partition coefficient (Wildman–Crippen LogP) is 0.385. The van der Waals surface area contributed by atoms with Crippen molar-refractivity contribution in [3.63, 3.8) is 0 Å². The van der Waals surface area contributed by atoms with Crippen molar-refractivity contribution in [2.24, 2.45) is 0 Å². The second-order valence-electron chi connectivity index (χ2n) is 5.96. The molecule has 1 fully saturated rings. The van der Waals surface area contributed by atoms with Crippen molar-refractivity contribution >= 4 is 11.8 Å². The third-order valence-corrected chi connectivity index (χ3v) is 4.38. The SMILES string of the molecule is COc1ccc(C(=O)N2CCN(C(=O)c3ccc(=O)[nH]n3)CC2)cc1OC. The average Bonchev–Trinajstić information content (AvgIpc) is 2.72. The number of nitrogens with one attached hydrogen (secondary N) is 1. The number of benzene rings is 1. The number of rotatable bonds is 4. The van der Waals surface area contributed by atoms with Gasteiger partial charge in [-0.25, -0.2) is 5.10 Å². The van der Waals surface area contributed by atoms with Crippen LogP contribution in [0.2, 0.25) is 0 Å². The molecule has 0 unspecified atom stereocenters. The predicted molar refractivity (Wildman–Crippen MR) is 96.2 cm³/mol. The Labute approximate surface area is 155 Å². The first-order valence-corrected chi connectivity index (χ1v) is 8.40. The molecule has 142 valence electrons. The van der Waals surface area contributed by atoms with Gasteiger partial charge in [0.15, 0.2) is 11.5 Å². The van der Waals surface area contributed by atoms with Gasteiger partial charge in [-0.2, -0.15) is 5.10 Å². The molecule has 9 heteroatoms. The molecule has 1 saturated heterocycles. The number of hydrogen-bond acceptors (Lipinski definition) is 6. The van der Waals surface area contributed by atoms with Crippen LogP contribution in [0.4, 0.5) is 0 Å². The van der Waals surface area contributed by atoms with Crippen LogP contribution < -0.4 is 15.0 Å². The Bertz CT molecular complexity index is 882. The maximum absolute atomic E-state index is 12.7. The zero-order valence-electron chi connectivity index (χ0n) is 15.1. The Balaban J connectivity index is 1.65. The number of methoxy groups -OCH3 is 2. The summed E-state index contributed by atoms with van der Waals surface area (Å²) in [6.45, 7) is 1.59. The van der Waals surface area contributed by atoms with Crippen LogP contribution in [0.25, 0.3) is 0 Å². The van der Waals surface area contributed by atoms with Crippen LogP contribution in [-0.2, 0) is 0 Å². The molecule has 0 radical (unpaired) electrons. The molecule has 9 nitrogen and oxygen atoms in total. The van der Waals surface area contributed by atoms with Crippen LogP contribution in [0.1, 0.15) is 20.8 Å². The van der Waals surface area contributed by atoms with E-state index in [9.17, 15) is 14.4 Å². The number of piperazine rings is 1. The number of amides is 2. The third kappa shape index (κ3) is 3.91. The zero-order valence-corrected chi connectivity index (χ0v) is 15.1. The first-order valence-electron chi connectivity index (χ1n) is 8.40. The van der Waals surface area contributed by atoms with Gasteiger partial charge < -0.3 is 19.3 Å². The van der Waals surface area contributed by atoms with Crippen LogP contribution in [0.15, 0.2) is 35.1 Å². The van der Waals surface area contributed by atoms with Crippen molar-refractivity contribution in [3.8, 4) is 11.5 Å². The number of hydrogen-bond donors (Lipinski definition) is 1. The quantitative estimate of drug-likeness (QED) is 0.832. The van der Waals surface area contributed by atoms with Gasteiger partial charge in [-0.05, 0) is 24.3 Å². The molecule has 0 saturated carbocycles. The minimum absolute atomic E-state index is 0.134. The maximum atomic E-state index is 12.7. The van der Waals surface area contributed by atoms with Gasteiger partial charge in [-0.1, -0.05) is 0 Å². The molecule has 1 N–H and O–H groups in total. The van der Waals surface area contributed by atoms with Gasteiger partial charge >= 0.3 is 0 Å². The van der Waals surface area contributed by atoms with Gasteiger partial charge in [0, 0.05) is 37.8 Å². The topological polar surface area (TPSA) is 105 Å². The van der Waals surface area contributed by atoms with Crippen LogP contribution in [-0.4, -0.2) is 72.2 Å². The molecule has 2 heterocycles. The van der Waals surface area contributed by atoms with E-state index in [4.69, 9.17) is 9.47 Å². The van der Waals surface area contributed by atoms with Crippen LogP contribution in [0, 0.1) is 0 Å². The van der Waals surface area contributed by atoms with Crippen molar-refractivity contribution in [2.75, 3.05) is 40.4 Å². The molecule has 27 heavy (non-hydrogen) atoms. The summed E-state index contributed by atoms with van der Waals surface area (Å²) < 4.78 is 10.4. The largest absolute Gasteiger partial charge is 0.493 e. The van der Waals surface area contributed by atoms with E-state index in [0.29, 0.717) is 43.2 Å². The number of aromatic nitrogens is 2. The van der Waals surface area contributed by atoms with Crippen LogP contribution in [0.3, 0.4) is 0 Å². The van der Waals surface area contributed by atoms with Crippen molar-refractivity contribution in [3.05, 3.63) is 51.9 Å². The second kappa shape index (κ2) is 7.90. The number of nitrogens with zero attached hydrogens (tertiary/aromatic N) is 3. The Hall–Kier alpha value is -3.36. The van der Waals surface area contributed by atoms with Crippen molar-refractivity contribution in [1.82, 2.24) is 20.0 Å². The molecule has 1 aliphatic rings. The van der Waals surface area contributed by atoms with E-state index in [1.165, 1.54) is 26.4 Å². The van der Waals surface area contributed by atoms with Gasteiger partial charge in [0.05, 0.1) is 14.2 Å². The second-order valence-corrected chi connectivity index (χ2v) is 5.96. The van der Waals surface area contributed by atoms with E-state index in [1.54, 1.807) is 28.0 Å². The number of ether oxygens (including phenoxy) is 2. The lowest BCUT2D eigenvalue weighted by atomic mass is 10.1. The maximum Gasteiger partial charge on any atom is 0.274 e. The van der Waals surface area contributed by atoms with Gasteiger partial charge in [0.2, 0.25) is 0 Å². The summed E-state index contributed by atoms with van der Waals surface area (Å²) in [7, 11) is 3.05. The minimum atomic E-state index is -0.364. The van der Waals surface area contributed by atoms with E-state index in [2.05, 4.69) is 10.2 Å². The third-order valence-electron chi connectivity index (χ3n) is 4.38. The highest BCUT2D eigenvalue weighted by molar-refractivity contribution is 5.95. The van der Waals surface area contributed by atoms with Gasteiger partial charge in [0.25, 0.3) is 17.4 Å².